The van der Waals surface area contributed by atoms with Crippen LogP contribution in [0, 0.1) is 18.8 Å². The fraction of sp³-hybridized carbons (Fsp3) is 0.667. The fourth-order valence-corrected chi connectivity index (χ4v) is 6.15. The SMILES string of the molecule is CCN(CC)S(=O)(=O)c1ccc(C)c(C(=O)N2CC[C@@H]3CCCC[C@@H]3C2)c1. The fourth-order valence-electron chi connectivity index (χ4n) is 4.66. The van der Waals surface area contributed by atoms with Crippen molar-refractivity contribution in [3.05, 3.63) is 29.3 Å². The van der Waals surface area contributed by atoms with Crippen LogP contribution in [0.3, 0.4) is 0 Å². The van der Waals surface area contributed by atoms with Crippen molar-refractivity contribution in [3.63, 3.8) is 0 Å². The Labute approximate surface area is 163 Å². The van der Waals surface area contributed by atoms with Crippen molar-refractivity contribution in [2.24, 2.45) is 11.8 Å². The molecule has 0 spiro atoms. The minimum atomic E-state index is -3.56. The van der Waals surface area contributed by atoms with Crippen LogP contribution < -0.4 is 0 Å². The molecule has 6 heteroatoms. The summed E-state index contributed by atoms with van der Waals surface area (Å²) >= 11 is 0. The van der Waals surface area contributed by atoms with Crippen molar-refractivity contribution in [3.8, 4) is 0 Å². The van der Waals surface area contributed by atoms with Crippen molar-refractivity contribution >= 4 is 15.9 Å². The van der Waals surface area contributed by atoms with Gasteiger partial charge in [-0.3, -0.25) is 4.79 Å². The normalized spacial score (nSPS) is 23.3. The van der Waals surface area contributed by atoms with E-state index < -0.39 is 10.0 Å². The van der Waals surface area contributed by atoms with Crippen LogP contribution in [-0.2, 0) is 10.0 Å². The highest BCUT2D eigenvalue weighted by Gasteiger charge is 2.34. The smallest absolute Gasteiger partial charge is 0.254 e. The van der Waals surface area contributed by atoms with Gasteiger partial charge in [0.2, 0.25) is 10.0 Å². The summed E-state index contributed by atoms with van der Waals surface area (Å²) in [5, 5.41) is 0. The number of hydrogen-bond acceptors (Lipinski definition) is 3. The molecule has 5 nitrogen and oxygen atoms in total. The van der Waals surface area contributed by atoms with Crippen molar-refractivity contribution in [1.29, 1.82) is 0 Å². The number of nitrogens with zero attached hydrogens (tertiary/aromatic N) is 2. The van der Waals surface area contributed by atoms with E-state index in [1.54, 1.807) is 18.2 Å². The van der Waals surface area contributed by atoms with Gasteiger partial charge in [0, 0.05) is 31.7 Å². The van der Waals surface area contributed by atoms with Gasteiger partial charge >= 0.3 is 0 Å². The number of carbonyl (C=O) groups excluding carboxylic acids is 1. The summed E-state index contributed by atoms with van der Waals surface area (Å²) in [7, 11) is -3.56. The number of piperidine rings is 1. The third kappa shape index (κ3) is 4.06. The molecule has 0 N–H and O–H groups in total. The molecule has 1 aliphatic heterocycles. The summed E-state index contributed by atoms with van der Waals surface area (Å²) in [5.74, 6) is 1.35. The number of sulfonamides is 1. The molecular formula is C21H32N2O3S. The van der Waals surface area contributed by atoms with Crippen LogP contribution in [0.5, 0.6) is 0 Å². The zero-order valence-electron chi connectivity index (χ0n) is 16.8. The number of likely N-dealkylation sites (tertiary alicyclic amines) is 1. The number of hydrogen-bond donors (Lipinski definition) is 0. The quantitative estimate of drug-likeness (QED) is 0.768. The van der Waals surface area contributed by atoms with Crippen LogP contribution in [0.2, 0.25) is 0 Å². The predicted molar refractivity (Wildman–Crippen MR) is 107 cm³/mol. The summed E-state index contributed by atoms with van der Waals surface area (Å²) in [6.07, 6.45) is 6.17. The Morgan fingerprint density at radius 1 is 1.11 bits per heavy atom. The monoisotopic (exact) mass is 392 g/mol. The first-order valence-corrected chi connectivity index (χ1v) is 11.7. The Morgan fingerprint density at radius 2 is 1.78 bits per heavy atom. The van der Waals surface area contributed by atoms with E-state index in [1.165, 1.54) is 30.0 Å². The molecule has 1 heterocycles. The average molecular weight is 393 g/mol. The van der Waals surface area contributed by atoms with Crippen molar-refractivity contribution in [2.75, 3.05) is 26.2 Å². The Morgan fingerprint density at radius 3 is 2.44 bits per heavy atom. The maximum Gasteiger partial charge on any atom is 0.254 e. The van der Waals surface area contributed by atoms with E-state index in [0.29, 0.717) is 24.6 Å². The summed E-state index contributed by atoms with van der Waals surface area (Å²) < 4.78 is 27.1. The van der Waals surface area contributed by atoms with Gasteiger partial charge in [0.05, 0.1) is 4.90 Å². The number of benzene rings is 1. The van der Waals surface area contributed by atoms with E-state index in [-0.39, 0.29) is 10.8 Å². The van der Waals surface area contributed by atoms with Gasteiger partial charge in [-0.1, -0.05) is 39.2 Å². The number of rotatable bonds is 5. The second-order valence-electron chi connectivity index (χ2n) is 7.91. The molecule has 2 fully saturated rings. The van der Waals surface area contributed by atoms with Crippen molar-refractivity contribution < 1.29 is 13.2 Å². The van der Waals surface area contributed by atoms with Crippen LogP contribution in [-0.4, -0.2) is 49.7 Å². The molecular weight excluding hydrogens is 360 g/mol. The molecule has 1 saturated heterocycles. The van der Waals surface area contributed by atoms with Gasteiger partial charge in [0.1, 0.15) is 0 Å². The standard InChI is InChI=1S/C21H32N2O3S/c1-4-23(5-2)27(25,26)19-11-10-16(3)20(14-19)21(24)22-13-12-17-8-6-7-9-18(17)15-22/h10-11,14,17-18H,4-9,12-13,15H2,1-3H3/t17-,18+/m0/s1. The molecule has 1 saturated carbocycles. The highest BCUT2D eigenvalue weighted by atomic mass is 32.2. The lowest BCUT2D eigenvalue weighted by atomic mass is 9.75. The Kier molecular flexibility index (Phi) is 6.26. The number of amides is 1. The van der Waals surface area contributed by atoms with E-state index in [1.807, 2.05) is 25.7 Å². The second-order valence-corrected chi connectivity index (χ2v) is 9.85. The number of fused-ring (bicyclic) bond motifs is 1. The van der Waals surface area contributed by atoms with Crippen LogP contribution in [0.4, 0.5) is 0 Å². The second kappa shape index (κ2) is 8.31. The van der Waals surface area contributed by atoms with E-state index in [2.05, 4.69) is 0 Å². The predicted octanol–water partition coefficient (Wildman–Crippen LogP) is 3.68. The van der Waals surface area contributed by atoms with Crippen molar-refractivity contribution in [1.82, 2.24) is 9.21 Å². The molecule has 150 valence electrons. The lowest BCUT2D eigenvalue weighted by Gasteiger charge is -2.41. The van der Waals surface area contributed by atoms with Crippen LogP contribution in [0.15, 0.2) is 23.1 Å². The Balaban J connectivity index is 1.85. The summed E-state index contributed by atoms with van der Waals surface area (Å²) in [5.41, 5.74) is 1.36. The van der Waals surface area contributed by atoms with Gasteiger partial charge in [-0.15, -0.1) is 0 Å². The first-order chi connectivity index (χ1) is 12.9. The van der Waals surface area contributed by atoms with E-state index >= 15 is 0 Å². The van der Waals surface area contributed by atoms with Gasteiger partial charge in [0.25, 0.3) is 5.91 Å². The number of aryl methyl sites for hydroxylation is 1. The van der Waals surface area contributed by atoms with Crippen molar-refractivity contribution in [2.45, 2.75) is 57.8 Å². The summed E-state index contributed by atoms with van der Waals surface area (Å²) in [4.78, 5) is 15.4. The van der Waals surface area contributed by atoms with Crippen LogP contribution >= 0.6 is 0 Å². The van der Waals surface area contributed by atoms with Crippen LogP contribution in [0.1, 0.15) is 61.9 Å². The summed E-state index contributed by atoms with van der Waals surface area (Å²) in [6.45, 7) is 7.98. The molecule has 1 aromatic rings. The zero-order chi connectivity index (χ0) is 19.6. The topological polar surface area (TPSA) is 57.7 Å². The largest absolute Gasteiger partial charge is 0.338 e. The van der Waals surface area contributed by atoms with E-state index in [9.17, 15) is 13.2 Å². The molecule has 0 aromatic heterocycles. The maximum absolute atomic E-state index is 13.2. The van der Waals surface area contributed by atoms with E-state index in [4.69, 9.17) is 0 Å². The molecule has 0 bridgehead atoms. The van der Waals surface area contributed by atoms with Gasteiger partial charge in [-0.25, -0.2) is 8.42 Å². The van der Waals surface area contributed by atoms with E-state index in [0.717, 1.165) is 31.0 Å². The van der Waals surface area contributed by atoms with Gasteiger partial charge < -0.3 is 4.90 Å². The van der Waals surface area contributed by atoms with Gasteiger partial charge in [-0.2, -0.15) is 4.31 Å². The molecule has 0 radical (unpaired) electrons. The first kappa shape index (κ1) is 20.3. The third-order valence-corrected chi connectivity index (χ3v) is 8.41. The van der Waals surface area contributed by atoms with Gasteiger partial charge in [0.15, 0.2) is 0 Å². The molecule has 2 aliphatic rings. The number of carbonyl (C=O) groups is 1. The molecule has 27 heavy (non-hydrogen) atoms. The van der Waals surface area contributed by atoms with Gasteiger partial charge in [-0.05, 0) is 49.3 Å². The molecule has 2 atom stereocenters. The Bertz CT molecular complexity index is 787. The molecule has 0 unspecified atom stereocenters. The first-order valence-electron chi connectivity index (χ1n) is 10.3. The molecule has 1 aromatic carbocycles. The molecule has 3 rings (SSSR count). The summed E-state index contributed by atoms with van der Waals surface area (Å²) in [6, 6.07) is 4.96. The zero-order valence-corrected chi connectivity index (χ0v) is 17.6. The third-order valence-electron chi connectivity index (χ3n) is 6.36. The molecule has 1 aliphatic carbocycles. The lowest BCUT2D eigenvalue weighted by Crippen LogP contribution is -2.45. The highest BCUT2D eigenvalue weighted by molar-refractivity contribution is 7.89. The minimum Gasteiger partial charge on any atom is -0.338 e. The average Bonchev–Trinajstić information content (AvgIpc) is 2.68. The minimum absolute atomic E-state index is 0.0203. The lowest BCUT2D eigenvalue weighted by molar-refractivity contribution is 0.0520. The maximum atomic E-state index is 13.2. The molecule has 1 amide bonds. The van der Waals surface area contributed by atoms with Crippen LogP contribution in [0.25, 0.3) is 0 Å². The highest BCUT2D eigenvalue weighted by Crippen LogP contribution is 2.36. The Hall–Kier alpha value is -1.40.